The quantitative estimate of drug-likeness (QED) is 0.895. The van der Waals surface area contributed by atoms with Gasteiger partial charge in [0.1, 0.15) is 17.5 Å². The van der Waals surface area contributed by atoms with E-state index >= 15 is 0 Å². The molecule has 0 saturated carbocycles. The summed E-state index contributed by atoms with van der Waals surface area (Å²) in [4.78, 5) is 0. The van der Waals surface area contributed by atoms with Crippen LogP contribution in [0.4, 0.5) is 5.69 Å². The summed E-state index contributed by atoms with van der Waals surface area (Å²) in [6.07, 6.45) is 0.739. The molecule has 5 heteroatoms. The standard InChI is InChI=1S/C13H14N4O/c1-3-10-12(15)13(17(2)16-10)18-11-7-5-4-6-9(11)8-14/h4-7H,3,15H2,1-2H3. The van der Waals surface area contributed by atoms with E-state index in [-0.39, 0.29) is 0 Å². The Morgan fingerprint density at radius 2 is 2.17 bits per heavy atom. The van der Waals surface area contributed by atoms with E-state index in [9.17, 15) is 0 Å². The Labute approximate surface area is 105 Å². The van der Waals surface area contributed by atoms with Crippen molar-refractivity contribution in [3.8, 4) is 17.7 Å². The van der Waals surface area contributed by atoms with Crippen LogP contribution in [0.5, 0.6) is 11.6 Å². The molecule has 0 spiro atoms. The van der Waals surface area contributed by atoms with Crippen molar-refractivity contribution in [3.63, 3.8) is 0 Å². The number of aryl methyl sites for hydroxylation is 2. The minimum Gasteiger partial charge on any atom is -0.436 e. The number of benzene rings is 1. The Balaban J connectivity index is 2.41. The summed E-state index contributed by atoms with van der Waals surface area (Å²) < 4.78 is 7.28. The van der Waals surface area contributed by atoms with Crippen LogP contribution in [0.15, 0.2) is 24.3 Å². The third kappa shape index (κ3) is 2.00. The van der Waals surface area contributed by atoms with E-state index in [1.54, 1.807) is 29.9 Å². The topological polar surface area (TPSA) is 76.9 Å². The van der Waals surface area contributed by atoms with E-state index in [4.69, 9.17) is 15.7 Å². The van der Waals surface area contributed by atoms with Gasteiger partial charge in [-0.1, -0.05) is 19.1 Å². The molecule has 18 heavy (non-hydrogen) atoms. The summed E-state index contributed by atoms with van der Waals surface area (Å²) in [6, 6.07) is 9.11. The lowest BCUT2D eigenvalue weighted by atomic mass is 10.2. The zero-order valence-corrected chi connectivity index (χ0v) is 10.3. The van der Waals surface area contributed by atoms with Gasteiger partial charge in [-0.2, -0.15) is 10.4 Å². The number of aromatic nitrogens is 2. The van der Waals surface area contributed by atoms with Crippen LogP contribution in [-0.4, -0.2) is 9.78 Å². The number of nitrogens with zero attached hydrogens (tertiary/aromatic N) is 3. The van der Waals surface area contributed by atoms with Gasteiger partial charge in [0.05, 0.1) is 11.3 Å². The first kappa shape index (κ1) is 12.0. The van der Waals surface area contributed by atoms with E-state index in [2.05, 4.69) is 11.2 Å². The summed E-state index contributed by atoms with van der Waals surface area (Å²) in [6.45, 7) is 1.98. The maximum Gasteiger partial charge on any atom is 0.241 e. The monoisotopic (exact) mass is 242 g/mol. The molecule has 0 unspecified atom stereocenters. The lowest BCUT2D eigenvalue weighted by molar-refractivity contribution is 0.431. The van der Waals surface area contributed by atoms with Gasteiger partial charge in [0.2, 0.25) is 5.88 Å². The van der Waals surface area contributed by atoms with Gasteiger partial charge in [0.25, 0.3) is 0 Å². The second-order valence-electron chi connectivity index (χ2n) is 3.85. The van der Waals surface area contributed by atoms with E-state index < -0.39 is 0 Å². The average molecular weight is 242 g/mol. The van der Waals surface area contributed by atoms with Gasteiger partial charge in [0.15, 0.2) is 0 Å². The third-order valence-electron chi connectivity index (χ3n) is 2.65. The first-order valence-corrected chi connectivity index (χ1v) is 5.65. The van der Waals surface area contributed by atoms with Crippen LogP contribution >= 0.6 is 0 Å². The number of para-hydroxylation sites is 1. The maximum absolute atomic E-state index is 9.00. The molecule has 0 amide bonds. The molecule has 0 aliphatic heterocycles. The van der Waals surface area contributed by atoms with E-state index in [1.165, 1.54) is 0 Å². The van der Waals surface area contributed by atoms with Crippen LogP contribution in [0.3, 0.4) is 0 Å². The minimum atomic E-state index is 0.467. The van der Waals surface area contributed by atoms with Gasteiger partial charge in [-0.05, 0) is 18.6 Å². The fraction of sp³-hybridized carbons (Fsp3) is 0.231. The first-order chi connectivity index (χ1) is 8.67. The molecule has 0 aliphatic carbocycles. The molecule has 0 saturated heterocycles. The van der Waals surface area contributed by atoms with Crippen molar-refractivity contribution in [2.24, 2.45) is 7.05 Å². The zero-order chi connectivity index (χ0) is 13.1. The summed E-state index contributed by atoms with van der Waals surface area (Å²) in [5, 5.41) is 13.3. The molecule has 1 aromatic carbocycles. The molecule has 0 atom stereocenters. The largest absolute Gasteiger partial charge is 0.436 e. The lowest BCUT2D eigenvalue weighted by Gasteiger charge is -2.07. The summed E-state index contributed by atoms with van der Waals surface area (Å²) in [7, 11) is 1.76. The van der Waals surface area contributed by atoms with Crippen molar-refractivity contribution in [1.29, 1.82) is 5.26 Å². The second-order valence-corrected chi connectivity index (χ2v) is 3.85. The van der Waals surface area contributed by atoms with Gasteiger partial charge in [-0.3, -0.25) is 0 Å². The van der Waals surface area contributed by atoms with Crippen LogP contribution in [0.2, 0.25) is 0 Å². The highest BCUT2D eigenvalue weighted by molar-refractivity contribution is 5.55. The average Bonchev–Trinajstić information content (AvgIpc) is 2.66. The lowest BCUT2D eigenvalue weighted by Crippen LogP contribution is -1.98. The second kappa shape index (κ2) is 4.80. The fourth-order valence-electron chi connectivity index (χ4n) is 1.71. The number of hydrogen-bond acceptors (Lipinski definition) is 4. The summed E-state index contributed by atoms with van der Waals surface area (Å²) >= 11 is 0. The van der Waals surface area contributed by atoms with Crippen molar-refractivity contribution in [2.45, 2.75) is 13.3 Å². The molecule has 1 aromatic heterocycles. The molecule has 2 rings (SSSR count). The number of nitrogen functional groups attached to an aromatic ring is 1. The van der Waals surface area contributed by atoms with Crippen molar-refractivity contribution < 1.29 is 4.74 Å². The minimum absolute atomic E-state index is 0.467. The summed E-state index contributed by atoms with van der Waals surface area (Å²) in [5.74, 6) is 0.951. The Bertz CT molecular complexity index is 610. The number of rotatable bonds is 3. The molecule has 1 heterocycles. The summed E-state index contributed by atoms with van der Waals surface area (Å²) in [5.41, 5.74) is 7.75. The van der Waals surface area contributed by atoms with Gasteiger partial charge in [-0.25, -0.2) is 4.68 Å². The van der Waals surface area contributed by atoms with Crippen LogP contribution in [-0.2, 0) is 13.5 Å². The van der Waals surface area contributed by atoms with Gasteiger partial charge >= 0.3 is 0 Å². The van der Waals surface area contributed by atoms with Crippen LogP contribution in [0.25, 0.3) is 0 Å². The molecule has 0 bridgehead atoms. The molecular weight excluding hydrogens is 228 g/mol. The Morgan fingerprint density at radius 1 is 1.44 bits per heavy atom. The molecular formula is C13H14N4O. The van der Waals surface area contributed by atoms with Crippen molar-refractivity contribution in [2.75, 3.05) is 5.73 Å². The van der Waals surface area contributed by atoms with E-state index in [0.29, 0.717) is 22.9 Å². The number of nitriles is 1. The highest BCUT2D eigenvalue weighted by Gasteiger charge is 2.15. The van der Waals surface area contributed by atoms with Crippen molar-refractivity contribution in [3.05, 3.63) is 35.5 Å². The molecule has 2 aromatic rings. The van der Waals surface area contributed by atoms with Crippen LogP contribution in [0, 0.1) is 11.3 Å². The number of nitrogens with two attached hydrogens (primary N) is 1. The first-order valence-electron chi connectivity index (χ1n) is 5.65. The maximum atomic E-state index is 9.00. The number of anilines is 1. The Hall–Kier alpha value is -2.48. The molecule has 0 fully saturated rings. The van der Waals surface area contributed by atoms with Gasteiger partial charge in [-0.15, -0.1) is 0 Å². The molecule has 0 radical (unpaired) electrons. The van der Waals surface area contributed by atoms with Gasteiger partial charge in [0, 0.05) is 7.05 Å². The van der Waals surface area contributed by atoms with Crippen LogP contribution in [0.1, 0.15) is 18.2 Å². The predicted molar refractivity (Wildman–Crippen MR) is 68.2 cm³/mol. The fourth-order valence-corrected chi connectivity index (χ4v) is 1.71. The normalized spacial score (nSPS) is 10.1. The van der Waals surface area contributed by atoms with Crippen molar-refractivity contribution >= 4 is 5.69 Å². The van der Waals surface area contributed by atoms with Crippen LogP contribution < -0.4 is 10.5 Å². The number of ether oxygens (including phenoxy) is 1. The highest BCUT2D eigenvalue weighted by Crippen LogP contribution is 2.31. The zero-order valence-electron chi connectivity index (χ0n) is 10.3. The van der Waals surface area contributed by atoms with E-state index in [0.717, 1.165) is 12.1 Å². The smallest absolute Gasteiger partial charge is 0.241 e. The molecule has 5 nitrogen and oxygen atoms in total. The molecule has 92 valence electrons. The Kier molecular flexibility index (Phi) is 3.20. The van der Waals surface area contributed by atoms with Crippen molar-refractivity contribution in [1.82, 2.24) is 9.78 Å². The molecule has 2 N–H and O–H groups in total. The molecule has 0 aliphatic rings. The Morgan fingerprint density at radius 3 is 2.78 bits per heavy atom. The third-order valence-corrected chi connectivity index (χ3v) is 2.65. The highest BCUT2D eigenvalue weighted by atomic mass is 16.5. The number of hydrogen-bond donors (Lipinski definition) is 1. The van der Waals surface area contributed by atoms with Gasteiger partial charge < -0.3 is 10.5 Å². The predicted octanol–water partition coefficient (Wildman–Crippen LogP) is 2.23. The van der Waals surface area contributed by atoms with E-state index in [1.807, 2.05) is 13.0 Å². The SMILES string of the molecule is CCc1nn(C)c(Oc2ccccc2C#N)c1N.